The molecule has 22 heavy (non-hydrogen) atoms. The number of hydrogen-bond donors (Lipinski definition) is 1. The van der Waals surface area contributed by atoms with Crippen LogP contribution in [0.5, 0.6) is 5.75 Å². The van der Waals surface area contributed by atoms with Crippen LogP contribution in [-0.2, 0) is 4.84 Å². The molecule has 6 heteroatoms. The van der Waals surface area contributed by atoms with Gasteiger partial charge in [0.05, 0.1) is 18.2 Å². The lowest BCUT2D eigenvalue weighted by molar-refractivity contribution is 0.183. The van der Waals surface area contributed by atoms with Gasteiger partial charge in [-0.05, 0) is 30.3 Å². The Morgan fingerprint density at radius 1 is 1.14 bits per heavy atom. The molecule has 1 aromatic heterocycles. The quantitative estimate of drug-likeness (QED) is 0.748. The van der Waals surface area contributed by atoms with Crippen LogP contribution in [0, 0.1) is 0 Å². The van der Waals surface area contributed by atoms with Crippen LogP contribution in [0.1, 0.15) is 0 Å². The largest absolute Gasteiger partial charge is 0.507 e. The minimum absolute atomic E-state index is 0.127. The van der Waals surface area contributed by atoms with Gasteiger partial charge in [0.1, 0.15) is 5.75 Å². The summed E-state index contributed by atoms with van der Waals surface area (Å²) in [5.74, 6) is 1.13. The number of benzene rings is 2. The summed E-state index contributed by atoms with van der Waals surface area (Å²) >= 11 is 6.07. The molecule has 3 aromatic rings. The molecule has 0 saturated heterocycles. The molecule has 5 nitrogen and oxygen atoms in total. The molecule has 1 heterocycles. The molecule has 0 unspecified atom stereocenters. The number of fused-ring (bicyclic) bond motifs is 1. The van der Waals surface area contributed by atoms with Gasteiger partial charge in [-0.1, -0.05) is 23.7 Å². The second-order valence-corrected chi connectivity index (χ2v) is 5.17. The number of para-hydroxylation sites is 1. The molecule has 0 fully saturated rings. The Bertz CT molecular complexity index is 839. The molecule has 0 aliphatic heterocycles. The minimum atomic E-state index is 0.127. The van der Waals surface area contributed by atoms with Crippen LogP contribution in [0.2, 0.25) is 5.02 Å². The lowest BCUT2D eigenvalue weighted by atomic mass is 10.1. The summed E-state index contributed by atoms with van der Waals surface area (Å²) in [6.45, 7) is 0. The molecule has 1 N–H and O–H groups in total. The van der Waals surface area contributed by atoms with E-state index in [-0.39, 0.29) is 5.75 Å². The highest BCUT2D eigenvalue weighted by Gasteiger charge is 2.15. The maximum Gasteiger partial charge on any atom is 0.165 e. The van der Waals surface area contributed by atoms with Gasteiger partial charge in [0.2, 0.25) is 0 Å². The fraction of sp³-hybridized carbons (Fsp3) is 0.125. The number of hydrogen-bond acceptors (Lipinski definition) is 5. The number of hydroxylamine groups is 1. The first-order valence-corrected chi connectivity index (χ1v) is 7.01. The van der Waals surface area contributed by atoms with Crippen molar-refractivity contribution in [3.05, 3.63) is 47.5 Å². The molecular weight excluding hydrogens is 302 g/mol. The average molecular weight is 316 g/mol. The summed E-state index contributed by atoms with van der Waals surface area (Å²) in [6, 6.07) is 12.3. The monoisotopic (exact) mass is 315 g/mol. The normalized spacial score (nSPS) is 10.9. The van der Waals surface area contributed by atoms with Crippen molar-refractivity contribution >= 4 is 28.3 Å². The number of anilines is 1. The Balaban J connectivity index is 2.30. The van der Waals surface area contributed by atoms with E-state index < -0.39 is 0 Å². The van der Waals surface area contributed by atoms with Crippen molar-refractivity contribution < 1.29 is 9.94 Å². The fourth-order valence-electron chi connectivity index (χ4n) is 2.19. The highest BCUT2D eigenvalue weighted by molar-refractivity contribution is 6.31. The first-order chi connectivity index (χ1) is 10.6. The zero-order valence-electron chi connectivity index (χ0n) is 12.1. The zero-order chi connectivity index (χ0) is 15.7. The molecule has 0 spiro atoms. The SMILES string of the molecule is CON(C)c1nc(-c2ccccc2O)nc2ccc(Cl)cc12. The lowest BCUT2D eigenvalue weighted by Crippen LogP contribution is -2.17. The summed E-state index contributed by atoms with van der Waals surface area (Å²) < 4.78 is 0. The number of rotatable bonds is 3. The number of halogens is 1. The predicted molar refractivity (Wildman–Crippen MR) is 87.1 cm³/mol. The average Bonchev–Trinajstić information content (AvgIpc) is 2.53. The van der Waals surface area contributed by atoms with Crippen molar-refractivity contribution in [3.63, 3.8) is 0 Å². The third kappa shape index (κ3) is 2.56. The van der Waals surface area contributed by atoms with Crippen molar-refractivity contribution in [2.45, 2.75) is 0 Å². The van der Waals surface area contributed by atoms with Crippen LogP contribution in [0.15, 0.2) is 42.5 Å². The molecule has 0 amide bonds. The van der Waals surface area contributed by atoms with Crippen molar-refractivity contribution in [1.29, 1.82) is 0 Å². The van der Waals surface area contributed by atoms with Crippen LogP contribution in [-0.4, -0.2) is 29.2 Å². The highest BCUT2D eigenvalue weighted by Crippen LogP contribution is 2.32. The third-order valence-electron chi connectivity index (χ3n) is 3.35. The van der Waals surface area contributed by atoms with E-state index in [4.69, 9.17) is 16.4 Å². The van der Waals surface area contributed by atoms with E-state index in [9.17, 15) is 5.11 Å². The molecule has 112 valence electrons. The predicted octanol–water partition coefficient (Wildman–Crippen LogP) is 3.65. The lowest BCUT2D eigenvalue weighted by Gasteiger charge is -2.18. The Kier molecular flexibility index (Phi) is 3.83. The second-order valence-electron chi connectivity index (χ2n) is 4.73. The van der Waals surface area contributed by atoms with Gasteiger partial charge >= 0.3 is 0 Å². The van der Waals surface area contributed by atoms with E-state index in [0.29, 0.717) is 22.2 Å². The van der Waals surface area contributed by atoms with Crippen molar-refractivity contribution in [2.24, 2.45) is 0 Å². The summed E-state index contributed by atoms with van der Waals surface area (Å²) in [5, 5.41) is 12.9. The molecule has 0 aliphatic rings. The van der Waals surface area contributed by atoms with Gasteiger partial charge < -0.3 is 5.11 Å². The van der Waals surface area contributed by atoms with Crippen LogP contribution in [0.25, 0.3) is 22.3 Å². The maximum atomic E-state index is 10.0. The van der Waals surface area contributed by atoms with E-state index in [1.807, 2.05) is 12.1 Å². The van der Waals surface area contributed by atoms with E-state index in [1.54, 1.807) is 44.5 Å². The van der Waals surface area contributed by atoms with Gasteiger partial charge in [-0.2, -0.15) is 0 Å². The molecule has 0 atom stereocenters. The Hall–Kier alpha value is -2.37. The van der Waals surface area contributed by atoms with E-state index in [2.05, 4.69) is 9.97 Å². The van der Waals surface area contributed by atoms with Crippen LogP contribution in [0.3, 0.4) is 0 Å². The number of phenolic OH excluding ortho intramolecular Hbond substituents is 1. The van der Waals surface area contributed by atoms with E-state index in [1.165, 1.54) is 5.06 Å². The number of phenols is 1. The molecule has 3 rings (SSSR count). The van der Waals surface area contributed by atoms with Gasteiger partial charge in [0.25, 0.3) is 0 Å². The van der Waals surface area contributed by atoms with E-state index >= 15 is 0 Å². The third-order valence-corrected chi connectivity index (χ3v) is 3.59. The number of aromatic nitrogens is 2. The second kappa shape index (κ2) is 5.79. The van der Waals surface area contributed by atoms with Gasteiger partial charge in [-0.25, -0.2) is 15.0 Å². The van der Waals surface area contributed by atoms with Crippen molar-refractivity contribution in [3.8, 4) is 17.1 Å². The summed E-state index contributed by atoms with van der Waals surface area (Å²) in [6.07, 6.45) is 0. The topological polar surface area (TPSA) is 58.5 Å². The summed E-state index contributed by atoms with van der Waals surface area (Å²) in [7, 11) is 3.30. The Morgan fingerprint density at radius 2 is 1.91 bits per heavy atom. The summed E-state index contributed by atoms with van der Waals surface area (Å²) in [5.41, 5.74) is 1.28. The molecular formula is C16H14ClN3O2. The number of aromatic hydroxyl groups is 1. The smallest absolute Gasteiger partial charge is 0.165 e. The first-order valence-electron chi connectivity index (χ1n) is 6.63. The molecule has 2 aromatic carbocycles. The highest BCUT2D eigenvalue weighted by atomic mass is 35.5. The maximum absolute atomic E-state index is 10.0. The molecule has 0 bridgehead atoms. The fourth-order valence-corrected chi connectivity index (χ4v) is 2.37. The first kappa shape index (κ1) is 14.6. The van der Waals surface area contributed by atoms with E-state index in [0.717, 1.165) is 10.9 Å². The Morgan fingerprint density at radius 3 is 2.64 bits per heavy atom. The molecule has 0 radical (unpaired) electrons. The Labute approximate surface area is 132 Å². The summed E-state index contributed by atoms with van der Waals surface area (Å²) in [4.78, 5) is 14.3. The number of nitrogens with zero attached hydrogens (tertiary/aromatic N) is 3. The van der Waals surface area contributed by atoms with Crippen molar-refractivity contribution in [1.82, 2.24) is 9.97 Å². The van der Waals surface area contributed by atoms with Gasteiger partial charge in [0, 0.05) is 17.5 Å². The van der Waals surface area contributed by atoms with Crippen molar-refractivity contribution in [2.75, 3.05) is 19.2 Å². The zero-order valence-corrected chi connectivity index (χ0v) is 12.9. The van der Waals surface area contributed by atoms with Crippen LogP contribution in [0.4, 0.5) is 5.82 Å². The van der Waals surface area contributed by atoms with Gasteiger partial charge in [-0.15, -0.1) is 0 Å². The molecule has 0 saturated carbocycles. The van der Waals surface area contributed by atoms with Crippen LogP contribution < -0.4 is 5.06 Å². The molecule has 0 aliphatic carbocycles. The van der Waals surface area contributed by atoms with Gasteiger partial charge in [0.15, 0.2) is 11.6 Å². The van der Waals surface area contributed by atoms with Crippen LogP contribution >= 0.6 is 11.6 Å². The minimum Gasteiger partial charge on any atom is -0.507 e. The van der Waals surface area contributed by atoms with Gasteiger partial charge in [-0.3, -0.25) is 4.84 Å². The standard InChI is InChI=1S/C16H14ClN3O2/c1-20(22-2)16-12-9-10(17)7-8-13(12)18-15(19-16)11-5-3-4-6-14(11)21/h3-9,21H,1-2H3.